The van der Waals surface area contributed by atoms with E-state index in [1.54, 1.807) is 17.0 Å². The highest BCUT2D eigenvalue weighted by Gasteiger charge is 2.21. The molecule has 0 radical (unpaired) electrons. The zero-order valence-corrected chi connectivity index (χ0v) is 10.9. The molecule has 1 aliphatic heterocycles. The topological polar surface area (TPSA) is 66.8 Å². The molecule has 2 rings (SSSR count). The van der Waals surface area contributed by atoms with Gasteiger partial charge in [0.25, 0.3) is 0 Å². The molecule has 0 aromatic heterocycles. The summed E-state index contributed by atoms with van der Waals surface area (Å²) < 4.78 is 5.11. The van der Waals surface area contributed by atoms with Gasteiger partial charge in [-0.3, -0.25) is 4.79 Å². The van der Waals surface area contributed by atoms with Crippen LogP contribution in [0.4, 0.5) is 0 Å². The number of amides is 1. The molecule has 0 unspecified atom stereocenters. The minimum atomic E-state index is -0.944. The normalized spacial score (nSPS) is 14.1. The largest absolute Gasteiger partial charge is 0.478 e. The van der Waals surface area contributed by atoms with E-state index in [1.807, 2.05) is 13.0 Å². The van der Waals surface area contributed by atoms with E-state index < -0.39 is 5.97 Å². The fourth-order valence-corrected chi connectivity index (χ4v) is 2.18. The number of carboxylic acid groups (broad SMARTS) is 1. The lowest BCUT2D eigenvalue weighted by atomic mass is 9.97. The van der Waals surface area contributed by atoms with Gasteiger partial charge in [-0.05, 0) is 36.6 Å². The van der Waals surface area contributed by atoms with Crippen LogP contribution in [-0.2, 0) is 22.5 Å². The monoisotopic (exact) mass is 263 g/mol. The molecule has 0 saturated carbocycles. The number of carbonyl (C=O) groups excluding carboxylic acids is 1. The van der Waals surface area contributed by atoms with Crippen molar-refractivity contribution >= 4 is 11.9 Å². The van der Waals surface area contributed by atoms with Gasteiger partial charge in [0.15, 0.2) is 0 Å². The molecule has 1 heterocycles. The average Bonchev–Trinajstić information content (AvgIpc) is 2.43. The van der Waals surface area contributed by atoms with Crippen LogP contribution in [0.2, 0.25) is 0 Å². The number of hydrogen-bond donors (Lipinski definition) is 1. The van der Waals surface area contributed by atoms with Gasteiger partial charge in [-0.15, -0.1) is 0 Å². The second-order valence-corrected chi connectivity index (χ2v) is 4.49. The number of benzene rings is 1. The van der Waals surface area contributed by atoms with Crippen LogP contribution < -0.4 is 0 Å². The van der Waals surface area contributed by atoms with Gasteiger partial charge in [-0.1, -0.05) is 6.07 Å². The Kier molecular flexibility index (Phi) is 4.16. The van der Waals surface area contributed by atoms with Crippen molar-refractivity contribution in [3.05, 3.63) is 34.9 Å². The summed E-state index contributed by atoms with van der Waals surface area (Å²) in [4.78, 5) is 24.5. The Bertz CT molecular complexity index is 498. The van der Waals surface area contributed by atoms with Crippen molar-refractivity contribution in [1.29, 1.82) is 0 Å². The number of rotatable bonds is 4. The number of aromatic carboxylic acids is 1. The second kappa shape index (κ2) is 5.84. The maximum atomic E-state index is 11.9. The molecular weight excluding hydrogens is 246 g/mol. The summed E-state index contributed by atoms with van der Waals surface area (Å²) in [6, 6.07) is 5.10. The molecule has 0 spiro atoms. The van der Waals surface area contributed by atoms with Gasteiger partial charge in [-0.25, -0.2) is 4.79 Å². The van der Waals surface area contributed by atoms with E-state index in [9.17, 15) is 9.59 Å². The van der Waals surface area contributed by atoms with Gasteiger partial charge in [0.1, 0.15) is 6.61 Å². The molecule has 19 heavy (non-hydrogen) atoms. The maximum absolute atomic E-state index is 11.9. The zero-order chi connectivity index (χ0) is 13.8. The summed E-state index contributed by atoms with van der Waals surface area (Å²) in [5, 5.41) is 8.98. The number of hydrogen-bond acceptors (Lipinski definition) is 3. The van der Waals surface area contributed by atoms with Crippen molar-refractivity contribution in [2.75, 3.05) is 19.8 Å². The third kappa shape index (κ3) is 3.12. The molecule has 5 heteroatoms. The van der Waals surface area contributed by atoms with Crippen molar-refractivity contribution in [2.24, 2.45) is 0 Å². The molecule has 0 bridgehead atoms. The fourth-order valence-electron chi connectivity index (χ4n) is 2.18. The van der Waals surface area contributed by atoms with Gasteiger partial charge in [-0.2, -0.15) is 0 Å². The first kappa shape index (κ1) is 13.5. The molecule has 0 saturated heterocycles. The fraction of sp³-hybridized carbons (Fsp3) is 0.429. The number of carbonyl (C=O) groups is 2. The van der Waals surface area contributed by atoms with Crippen molar-refractivity contribution in [1.82, 2.24) is 4.90 Å². The third-order valence-electron chi connectivity index (χ3n) is 3.25. The van der Waals surface area contributed by atoms with Gasteiger partial charge in [0.2, 0.25) is 5.91 Å². The first-order valence-electron chi connectivity index (χ1n) is 6.32. The van der Waals surface area contributed by atoms with Crippen LogP contribution in [-0.4, -0.2) is 41.6 Å². The van der Waals surface area contributed by atoms with Crippen molar-refractivity contribution in [3.63, 3.8) is 0 Å². The number of carboxylic acids is 1. The van der Waals surface area contributed by atoms with E-state index in [4.69, 9.17) is 9.84 Å². The summed E-state index contributed by atoms with van der Waals surface area (Å²) in [6.07, 6.45) is 0.757. The predicted molar refractivity (Wildman–Crippen MR) is 69.0 cm³/mol. The van der Waals surface area contributed by atoms with Gasteiger partial charge in [0, 0.05) is 19.7 Å². The standard InChI is InChI=1S/C14H17NO4/c1-2-19-9-13(16)15-6-5-10-3-4-11(14(17)18)7-12(10)8-15/h3-4,7H,2,5-6,8-9H2,1H3,(H,17,18). The summed E-state index contributed by atoms with van der Waals surface area (Å²) in [5.74, 6) is -0.992. The Hall–Kier alpha value is -1.88. The van der Waals surface area contributed by atoms with Crippen LogP contribution >= 0.6 is 0 Å². The summed E-state index contributed by atoms with van der Waals surface area (Å²) in [6.45, 7) is 3.56. The molecular formula is C14H17NO4. The molecule has 1 aromatic carbocycles. The van der Waals surface area contributed by atoms with E-state index in [0.29, 0.717) is 19.7 Å². The van der Waals surface area contributed by atoms with Gasteiger partial charge < -0.3 is 14.7 Å². The molecule has 102 valence electrons. The molecule has 0 fully saturated rings. The Morgan fingerprint density at radius 1 is 1.37 bits per heavy atom. The molecule has 1 amide bonds. The van der Waals surface area contributed by atoms with E-state index >= 15 is 0 Å². The number of nitrogens with zero attached hydrogens (tertiary/aromatic N) is 1. The number of ether oxygens (including phenoxy) is 1. The molecule has 0 atom stereocenters. The minimum Gasteiger partial charge on any atom is -0.478 e. The molecule has 1 aliphatic rings. The van der Waals surface area contributed by atoms with Gasteiger partial charge in [0.05, 0.1) is 5.56 Å². The summed E-state index contributed by atoms with van der Waals surface area (Å²) >= 11 is 0. The van der Waals surface area contributed by atoms with Gasteiger partial charge >= 0.3 is 5.97 Å². The van der Waals surface area contributed by atoms with Crippen LogP contribution in [0.15, 0.2) is 18.2 Å². The van der Waals surface area contributed by atoms with Crippen LogP contribution in [0.5, 0.6) is 0 Å². The predicted octanol–water partition coefficient (Wildman–Crippen LogP) is 1.31. The quantitative estimate of drug-likeness (QED) is 0.889. The smallest absolute Gasteiger partial charge is 0.335 e. The van der Waals surface area contributed by atoms with Crippen LogP contribution in [0, 0.1) is 0 Å². The first-order chi connectivity index (χ1) is 9.11. The first-order valence-corrected chi connectivity index (χ1v) is 6.32. The lowest BCUT2D eigenvalue weighted by Gasteiger charge is -2.29. The maximum Gasteiger partial charge on any atom is 0.335 e. The summed E-state index contributed by atoms with van der Waals surface area (Å²) in [5.41, 5.74) is 2.29. The Morgan fingerprint density at radius 3 is 2.84 bits per heavy atom. The van der Waals surface area contributed by atoms with E-state index in [1.165, 1.54) is 0 Å². The van der Waals surface area contributed by atoms with Crippen LogP contribution in [0.1, 0.15) is 28.4 Å². The Labute approximate surface area is 111 Å². The minimum absolute atomic E-state index is 0.0479. The highest BCUT2D eigenvalue weighted by Crippen LogP contribution is 2.20. The Balaban J connectivity index is 2.11. The molecule has 5 nitrogen and oxygen atoms in total. The van der Waals surface area contributed by atoms with Crippen molar-refractivity contribution in [3.8, 4) is 0 Å². The Morgan fingerprint density at radius 2 is 2.16 bits per heavy atom. The SMILES string of the molecule is CCOCC(=O)N1CCc2ccc(C(=O)O)cc2C1. The third-order valence-corrected chi connectivity index (χ3v) is 3.25. The van der Waals surface area contributed by atoms with E-state index in [-0.39, 0.29) is 18.1 Å². The van der Waals surface area contributed by atoms with Crippen molar-refractivity contribution < 1.29 is 19.4 Å². The average molecular weight is 263 g/mol. The lowest BCUT2D eigenvalue weighted by molar-refractivity contribution is -0.136. The van der Waals surface area contributed by atoms with Crippen LogP contribution in [0.25, 0.3) is 0 Å². The highest BCUT2D eigenvalue weighted by atomic mass is 16.5. The zero-order valence-electron chi connectivity index (χ0n) is 10.9. The molecule has 1 aromatic rings. The lowest BCUT2D eigenvalue weighted by Crippen LogP contribution is -2.38. The summed E-state index contributed by atoms with van der Waals surface area (Å²) in [7, 11) is 0. The second-order valence-electron chi connectivity index (χ2n) is 4.49. The molecule has 1 N–H and O–H groups in total. The van der Waals surface area contributed by atoms with Crippen LogP contribution in [0.3, 0.4) is 0 Å². The number of fused-ring (bicyclic) bond motifs is 1. The highest BCUT2D eigenvalue weighted by molar-refractivity contribution is 5.88. The van der Waals surface area contributed by atoms with Crippen molar-refractivity contribution in [2.45, 2.75) is 19.9 Å². The van der Waals surface area contributed by atoms with E-state index in [2.05, 4.69) is 0 Å². The van der Waals surface area contributed by atoms with E-state index in [0.717, 1.165) is 17.5 Å². The molecule has 0 aliphatic carbocycles.